The number of nitrogens with one attached hydrogen (secondary N) is 3. The smallest absolute Gasteiger partial charge is 0.247 e. The summed E-state index contributed by atoms with van der Waals surface area (Å²) in [5.41, 5.74) is 2.66. The van der Waals surface area contributed by atoms with Crippen molar-refractivity contribution in [2.24, 2.45) is 5.41 Å². The average Bonchev–Trinajstić information content (AvgIpc) is 3.44. The van der Waals surface area contributed by atoms with Crippen LogP contribution in [0.3, 0.4) is 0 Å². The Bertz CT molecular complexity index is 992. The van der Waals surface area contributed by atoms with Crippen LogP contribution in [0, 0.1) is 5.41 Å². The molecular weight excluding hydrogens is 468 g/mol. The van der Waals surface area contributed by atoms with E-state index in [9.17, 15) is 14.4 Å². The molecule has 2 aliphatic carbocycles. The normalized spacial score (nSPS) is 28.5. The van der Waals surface area contributed by atoms with Gasteiger partial charge in [-0.1, -0.05) is 37.1 Å². The molecule has 2 aliphatic heterocycles. The molecule has 0 bridgehead atoms. The molecule has 0 aromatic heterocycles. The Morgan fingerprint density at radius 1 is 1.05 bits per heavy atom. The van der Waals surface area contributed by atoms with E-state index in [1.807, 2.05) is 4.90 Å². The van der Waals surface area contributed by atoms with Crippen LogP contribution in [0.15, 0.2) is 24.3 Å². The molecule has 3 amide bonds. The van der Waals surface area contributed by atoms with Crippen molar-refractivity contribution in [1.29, 1.82) is 0 Å². The summed E-state index contributed by atoms with van der Waals surface area (Å²) in [6.07, 6.45) is 10.8. The lowest BCUT2D eigenvalue weighted by Crippen LogP contribution is -2.53. The fraction of sp³-hybridized carbons (Fsp3) is 0.690. The predicted molar refractivity (Wildman–Crippen MR) is 140 cm³/mol. The second kappa shape index (κ2) is 11.5. The maximum Gasteiger partial charge on any atom is 0.247 e. The van der Waals surface area contributed by atoms with Crippen LogP contribution in [-0.2, 0) is 25.5 Å². The Kier molecular flexibility index (Phi) is 8.15. The van der Waals surface area contributed by atoms with Crippen molar-refractivity contribution in [1.82, 2.24) is 20.9 Å². The highest BCUT2D eigenvalue weighted by atomic mass is 16.5. The first-order valence-corrected chi connectivity index (χ1v) is 14.3. The van der Waals surface area contributed by atoms with Gasteiger partial charge in [-0.3, -0.25) is 14.4 Å². The Hall–Kier alpha value is -2.45. The molecule has 1 spiro atoms. The van der Waals surface area contributed by atoms with Gasteiger partial charge in [0.2, 0.25) is 17.7 Å². The van der Waals surface area contributed by atoms with Gasteiger partial charge in [-0.05, 0) is 75.0 Å². The van der Waals surface area contributed by atoms with Gasteiger partial charge in [0.1, 0.15) is 12.3 Å². The van der Waals surface area contributed by atoms with Crippen LogP contribution >= 0.6 is 0 Å². The minimum absolute atomic E-state index is 0.0241. The third-order valence-corrected chi connectivity index (χ3v) is 9.06. The van der Waals surface area contributed by atoms with Gasteiger partial charge in [0.05, 0.1) is 19.2 Å². The number of likely N-dealkylation sites (N-methyl/N-ethyl adjacent to an activating group) is 1. The molecule has 1 saturated carbocycles. The van der Waals surface area contributed by atoms with Gasteiger partial charge in [0, 0.05) is 18.9 Å². The Morgan fingerprint density at radius 3 is 2.65 bits per heavy atom. The third-order valence-electron chi connectivity index (χ3n) is 9.06. The van der Waals surface area contributed by atoms with Crippen molar-refractivity contribution in [3.8, 4) is 0 Å². The van der Waals surface area contributed by atoms with E-state index in [-0.39, 0.29) is 48.0 Å². The molecule has 37 heavy (non-hydrogen) atoms. The lowest BCUT2D eigenvalue weighted by atomic mass is 9.76. The minimum atomic E-state index is -0.556. The van der Waals surface area contributed by atoms with Crippen molar-refractivity contribution in [3.05, 3.63) is 35.4 Å². The first-order chi connectivity index (χ1) is 18.0. The summed E-state index contributed by atoms with van der Waals surface area (Å²) in [7, 11) is 1.72. The van der Waals surface area contributed by atoms with Gasteiger partial charge in [-0.15, -0.1) is 0 Å². The first kappa shape index (κ1) is 26.2. The van der Waals surface area contributed by atoms with Crippen molar-refractivity contribution in [3.63, 3.8) is 0 Å². The number of hydrogen-bond donors (Lipinski definition) is 3. The topological polar surface area (TPSA) is 99.8 Å². The molecular formula is C29H42N4O4. The van der Waals surface area contributed by atoms with Crippen molar-refractivity contribution in [2.75, 3.05) is 20.2 Å². The van der Waals surface area contributed by atoms with E-state index in [1.165, 1.54) is 24.0 Å². The predicted octanol–water partition coefficient (Wildman–Crippen LogP) is 2.96. The molecule has 2 saturated heterocycles. The maximum absolute atomic E-state index is 13.7. The van der Waals surface area contributed by atoms with Gasteiger partial charge < -0.3 is 25.6 Å². The summed E-state index contributed by atoms with van der Waals surface area (Å²) >= 11 is 0. The standard InChI is InChI=1S/C29H42N4O4/c1-30-19-26(35)32-23-14-17-37-27-18-29(15-4-5-16-29)24(33(27)28(23)36)12-7-13-25(34)31-22-11-6-9-20-8-2-3-10-21(20)22/h2-3,8,10,22-24,27,30H,4-7,9,11-19H2,1H3,(H,31,34)(H,32,35). The molecule has 4 aliphatic rings. The van der Waals surface area contributed by atoms with Crippen LogP contribution in [0.25, 0.3) is 0 Å². The zero-order valence-corrected chi connectivity index (χ0v) is 22.1. The third kappa shape index (κ3) is 5.55. The zero-order valence-electron chi connectivity index (χ0n) is 22.1. The van der Waals surface area contributed by atoms with Crippen LogP contribution in [0.4, 0.5) is 0 Å². The molecule has 3 N–H and O–H groups in total. The van der Waals surface area contributed by atoms with Crippen LogP contribution in [-0.4, -0.2) is 61.1 Å². The van der Waals surface area contributed by atoms with Crippen molar-refractivity contribution >= 4 is 17.7 Å². The second-order valence-electron chi connectivity index (χ2n) is 11.4. The molecule has 5 rings (SSSR count). The van der Waals surface area contributed by atoms with Crippen molar-refractivity contribution < 1.29 is 19.1 Å². The lowest BCUT2D eigenvalue weighted by molar-refractivity contribution is -0.144. The first-order valence-electron chi connectivity index (χ1n) is 14.3. The van der Waals surface area contributed by atoms with Crippen LogP contribution < -0.4 is 16.0 Å². The number of nitrogens with zero attached hydrogens (tertiary/aromatic N) is 1. The van der Waals surface area contributed by atoms with Crippen molar-refractivity contribution in [2.45, 2.75) is 101 Å². The van der Waals surface area contributed by atoms with Crippen LogP contribution in [0.5, 0.6) is 0 Å². The van der Waals surface area contributed by atoms with Gasteiger partial charge in [-0.2, -0.15) is 0 Å². The highest BCUT2D eigenvalue weighted by molar-refractivity contribution is 5.89. The highest BCUT2D eigenvalue weighted by Gasteiger charge is 2.56. The minimum Gasteiger partial charge on any atom is -0.358 e. The number of aryl methyl sites for hydroxylation is 1. The summed E-state index contributed by atoms with van der Waals surface area (Å²) < 4.78 is 6.21. The summed E-state index contributed by atoms with van der Waals surface area (Å²) in [6, 6.07) is 8.02. The fourth-order valence-corrected chi connectivity index (χ4v) is 7.37. The van der Waals surface area contributed by atoms with Crippen LogP contribution in [0.2, 0.25) is 0 Å². The number of benzene rings is 1. The van der Waals surface area contributed by atoms with E-state index in [2.05, 4.69) is 40.2 Å². The van der Waals surface area contributed by atoms with Gasteiger partial charge in [-0.25, -0.2) is 0 Å². The van der Waals surface area contributed by atoms with E-state index in [0.29, 0.717) is 19.4 Å². The Morgan fingerprint density at radius 2 is 1.84 bits per heavy atom. The molecule has 4 unspecified atom stereocenters. The van der Waals surface area contributed by atoms with E-state index in [0.717, 1.165) is 51.4 Å². The number of fused-ring (bicyclic) bond motifs is 2. The molecule has 8 nitrogen and oxygen atoms in total. The summed E-state index contributed by atoms with van der Waals surface area (Å²) in [5.74, 6) is -0.108. The number of hydrogen-bond acceptors (Lipinski definition) is 5. The molecule has 1 aromatic carbocycles. The summed E-state index contributed by atoms with van der Waals surface area (Å²) in [4.78, 5) is 40.9. The molecule has 3 fully saturated rings. The Labute approximate surface area is 220 Å². The molecule has 2 heterocycles. The fourth-order valence-electron chi connectivity index (χ4n) is 7.37. The SMILES string of the molecule is CNCC(=O)NC1CCOC2CC3(CCCC3)C(CCCC(=O)NC3CCCc4ccccc43)N2C1=O. The van der Waals surface area contributed by atoms with Gasteiger partial charge in [0.15, 0.2) is 0 Å². The number of amides is 3. The maximum atomic E-state index is 13.7. The zero-order chi connectivity index (χ0) is 25.8. The Balaban J connectivity index is 1.23. The molecule has 8 heteroatoms. The molecule has 4 atom stereocenters. The summed E-state index contributed by atoms with van der Waals surface area (Å²) in [6.45, 7) is 0.646. The second-order valence-corrected chi connectivity index (χ2v) is 11.4. The highest BCUT2D eigenvalue weighted by Crippen LogP contribution is 2.54. The summed E-state index contributed by atoms with van der Waals surface area (Å²) in [5, 5.41) is 9.04. The number of ether oxygens (including phenoxy) is 1. The quantitative estimate of drug-likeness (QED) is 0.499. The monoisotopic (exact) mass is 510 g/mol. The lowest BCUT2D eigenvalue weighted by Gasteiger charge is -2.36. The van der Waals surface area contributed by atoms with E-state index >= 15 is 0 Å². The molecule has 202 valence electrons. The molecule has 1 aromatic rings. The van der Waals surface area contributed by atoms with E-state index in [4.69, 9.17) is 4.74 Å². The van der Waals surface area contributed by atoms with Gasteiger partial charge in [0.25, 0.3) is 0 Å². The largest absolute Gasteiger partial charge is 0.358 e. The van der Waals surface area contributed by atoms with Gasteiger partial charge >= 0.3 is 0 Å². The number of carbonyl (C=O) groups is 3. The molecule has 0 radical (unpaired) electrons. The van der Waals surface area contributed by atoms with Crippen LogP contribution in [0.1, 0.15) is 87.8 Å². The van der Waals surface area contributed by atoms with E-state index in [1.54, 1.807) is 7.05 Å². The number of carbonyl (C=O) groups excluding carboxylic acids is 3. The average molecular weight is 511 g/mol. The van der Waals surface area contributed by atoms with E-state index < -0.39 is 6.04 Å². The number of rotatable bonds is 8.